The summed E-state index contributed by atoms with van der Waals surface area (Å²) in [5.74, 6) is 1.56. The number of benzene rings is 1. The molecule has 4 nitrogen and oxygen atoms in total. The van der Waals surface area contributed by atoms with Gasteiger partial charge in [0, 0.05) is 6.20 Å². The van der Waals surface area contributed by atoms with Crippen molar-refractivity contribution < 1.29 is 4.42 Å². The van der Waals surface area contributed by atoms with Gasteiger partial charge in [-0.1, -0.05) is 29.8 Å². The summed E-state index contributed by atoms with van der Waals surface area (Å²) in [5.41, 5.74) is 4.21. The van der Waals surface area contributed by atoms with Crippen LogP contribution in [-0.4, -0.2) is 14.5 Å². The summed E-state index contributed by atoms with van der Waals surface area (Å²) >= 11 is 0. The van der Waals surface area contributed by atoms with Crippen LogP contribution >= 0.6 is 0 Å². The third-order valence-corrected chi connectivity index (χ3v) is 3.67. The second kappa shape index (κ2) is 5.15. The van der Waals surface area contributed by atoms with Crippen molar-refractivity contribution in [3.63, 3.8) is 0 Å². The molecular formula is C18H15N3O. The zero-order chi connectivity index (χ0) is 14.9. The molecular weight excluding hydrogens is 274 g/mol. The summed E-state index contributed by atoms with van der Waals surface area (Å²) in [5, 5.41) is 0. The first-order valence-corrected chi connectivity index (χ1v) is 7.22. The highest BCUT2D eigenvalue weighted by molar-refractivity contribution is 5.76. The monoisotopic (exact) mass is 289 g/mol. The van der Waals surface area contributed by atoms with Gasteiger partial charge in [0.2, 0.25) is 0 Å². The Morgan fingerprint density at radius 3 is 2.86 bits per heavy atom. The molecule has 0 N–H and O–H groups in total. The number of nitrogens with zero attached hydrogens (tertiary/aromatic N) is 3. The maximum atomic E-state index is 5.54. The molecule has 3 heterocycles. The molecule has 108 valence electrons. The molecule has 0 spiro atoms. The van der Waals surface area contributed by atoms with Crippen molar-refractivity contribution in [1.82, 2.24) is 14.5 Å². The fourth-order valence-electron chi connectivity index (χ4n) is 2.70. The van der Waals surface area contributed by atoms with Crippen molar-refractivity contribution in [2.45, 2.75) is 13.5 Å². The van der Waals surface area contributed by atoms with Gasteiger partial charge >= 0.3 is 0 Å². The molecule has 1 aromatic carbocycles. The van der Waals surface area contributed by atoms with Gasteiger partial charge in [0.1, 0.15) is 5.52 Å². The number of fused-ring (bicyclic) bond motifs is 1. The van der Waals surface area contributed by atoms with E-state index in [-0.39, 0.29) is 0 Å². The van der Waals surface area contributed by atoms with Crippen molar-refractivity contribution >= 4 is 11.2 Å². The van der Waals surface area contributed by atoms with Gasteiger partial charge in [0.05, 0.1) is 12.8 Å². The second-order valence-electron chi connectivity index (χ2n) is 5.33. The van der Waals surface area contributed by atoms with Crippen LogP contribution in [0.15, 0.2) is 65.4 Å². The molecule has 0 amide bonds. The Morgan fingerprint density at radius 2 is 2.05 bits per heavy atom. The van der Waals surface area contributed by atoms with Crippen LogP contribution in [0.3, 0.4) is 0 Å². The number of hydrogen-bond acceptors (Lipinski definition) is 3. The highest BCUT2D eigenvalue weighted by Crippen LogP contribution is 2.25. The SMILES string of the molecule is Cc1cccc(Cn2c(-c3ccco3)nc3cccnc32)c1. The van der Waals surface area contributed by atoms with Gasteiger partial charge in [-0.15, -0.1) is 0 Å². The predicted octanol–water partition coefficient (Wildman–Crippen LogP) is 4.05. The van der Waals surface area contributed by atoms with E-state index in [2.05, 4.69) is 45.7 Å². The lowest BCUT2D eigenvalue weighted by Gasteiger charge is -2.08. The average Bonchev–Trinajstić information content (AvgIpc) is 3.15. The van der Waals surface area contributed by atoms with Crippen LogP contribution in [0.2, 0.25) is 0 Å². The molecule has 0 saturated heterocycles. The first-order valence-electron chi connectivity index (χ1n) is 7.22. The molecule has 0 saturated carbocycles. The number of pyridine rings is 1. The van der Waals surface area contributed by atoms with Gasteiger partial charge in [-0.3, -0.25) is 0 Å². The lowest BCUT2D eigenvalue weighted by molar-refractivity contribution is 0.572. The second-order valence-corrected chi connectivity index (χ2v) is 5.33. The largest absolute Gasteiger partial charge is 0.461 e. The van der Waals surface area contributed by atoms with Gasteiger partial charge < -0.3 is 8.98 Å². The minimum atomic E-state index is 0.714. The summed E-state index contributed by atoms with van der Waals surface area (Å²) in [6.07, 6.45) is 3.46. The van der Waals surface area contributed by atoms with Crippen LogP contribution in [0, 0.1) is 6.92 Å². The van der Waals surface area contributed by atoms with Gasteiger partial charge in [0.15, 0.2) is 17.2 Å². The Labute approximate surface area is 128 Å². The van der Waals surface area contributed by atoms with Gasteiger partial charge in [-0.25, -0.2) is 9.97 Å². The quantitative estimate of drug-likeness (QED) is 0.571. The molecule has 4 aromatic rings. The fraction of sp³-hybridized carbons (Fsp3) is 0.111. The van der Waals surface area contributed by atoms with Crippen LogP contribution in [-0.2, 0) is 6.54 Å². The Hall–Kier alpha value is -2.88. The van der Waals surface area contributed by atoms with Crippen molar-refractivity contribution in [2.24, 2.45) is 0 Å². The highest BCUT2D eigenvalue weighted by Gasteiger charge is 2.15. The minimum Gasteiger partial charge on any atom is -0.461 e. The van der Waals surface area contributed by atoms with E-state index in [1.807, 2.05) is 24.3 Å². The Balaban J connectivity index is 1.89. The van der Waals surface area contributed by atoms with Gasteiger partial charge in [0.25, 0.3) is 0 Å². The summed E-state index contributed by atoms with van der Waals surface area (Å²) in [7, 11) is 0. The van der Waals surface area contributed by atoms with Crippen molar-refractivity contribution in [1.29, 1.82) is 0 Å². The predicted molar refractivity (Wildman–Crippen MR) is 85.5 cm³/mol. The smallest absolute Gasteiger partial charge is 0.178 e. The zero-order valence-electron chi connectivity index (χ0n) is 12.2. The van der Waals surface area contributed by atoms with Crippen LogP contribution in [0.25, 0.3) is 22.7 Å². The fourth-order valence-corrected chi connectivity index (χ4v) is 2.70. The van der Waals surface area contributed by atoms with Gasteiger partial charge in [-0.2, -0.15) is 0 Å². The summed E-state index contributed by atoms with van der Waals surface area (Å²) in [6.45, 7) is 2.81. The molecule has 0 bridgehead atoms. The van der Waals surface area contributed by atoms with E-state index in [0.717, 1.165) is 22.7 Å². The van der Waals surface area contributed by atoms with Crippen molar-refractivity contribution in [3.8, 4) is 11.6 Å². The third-order valence-electron chi connectivity index (χ3n) is 3.67. The van der Waals surface area contributed by atoms with E-state index in [1.54, 1.807) is 12.5 Å². The van der Waals surface area contributed by atoms with E-state index < -0.39 is 0 Å². The Bertz CT molecular complexity index is 923. The van der Waals surface area contributed by atoms with Crippen molar-refractivity contribution in [2.75, 3.05) is 0 Å². The molecule has 4 heteroatoms. The number of aryl methyl sites for hydroxylation is 1. The third kappa shape index (κ3) is 2.19. The maximum absolute atomic E-state index is 5.54. The lowest BCUT2D eigenvalue weighted by atomic mass is 10.1. The first-order chi connectivity index (χ1) is 10.8. The number of imidazole rings is 1. The minimum absolute atomic E-state index is 0.714. The van der Waals surface area contributed by atoms with E-state index in [1.165, 1.54) is 11.1 Å². The number of furan rings is 1. The van der Waals surface area contributed by atoms with E-state index >= 15 is 0 Å². The number of hydrogen-bond donors (Lipinski definition) is 0. The average molecular weight is 289 g/mol. The molecule has 3 aromatic heterocycles. The van der Waals surface area contributed by atoms with Crippen LogP contribution in [0.5, 0.6) is 0 Å². The molecule has 0 radical (unpaired) electrons. The summed E-state index contributed by atoms with van der Waals surface area (Å²) in [6, 6.07) is 16.1. The molecule has 4 rings (SSSR count). The van der Waals surface area contributed by atoms with Crippen LogP contribution in [0.4, 0.5) is 0 Å². The molecule has 0 aliphatic heterocycles. The zero-order valence-corrected chi connectivity index (χ0v) is 12.2. The first kappa shape index (κ1) is 12.8. The van der Waals surface area contributed by atoms with E-state index in [0.29, 0.717) is 6.54 Å². The molecule has 22 heavy (non-hydrogen) atoms. The molecule has 0 aliphatic rings. The highest BCUT2D eigenvalue weighted by atomic mass is 16.3. The number of rotatable bonds is 3. The van der Waals surface area contributed by atoms with Crippen molar-refractivity contribution in [3.05, 3.63) is 72.1 Å². The van der Waals surface area contributed by atoms with E-state index in [4.69, 9.17) is 4.42 Å². The molecule has 0 atom stereocenters. The molecule has 0 unspecified atom stereocenters. The topological polar surface area (TPSA) is 43.9 Å². The van der Waals surface area contributed by atoms with Gasteiger partial charge in [-0.05, 0) is 36.8 Å². The Kier molecular flexibility index (Phi) is 3.00. The standard InChI is InChI=1S/C18H15N3O/c1-13-5-2-6-14(11-13)12-21-17-15(7-3-9-19-17)20-18(21)16-8-4-10-22-16/h2-11H,12H2,1H3. The summed E-state index contributed by atoms with van der Waals surface area (Å²) < 4.78 is 7.64. The lowest BCUT2D eigenvalue weighted by Crippen LogP contribution is -2.03. The van der Waals surface area contributed by atoms with Crippen LogP contribution < -0.4 is 0 Å². The Morgan fingerprint density at radius 1 is 1.09 bits per heavy atom. The maximum Gasteiger partial charge on any atom is 0.178 e. The molecule has 0 aliphatic carbocycles. The van der Waals surface area contributed by atoms with Crippen LogP contribution in [0.1, 0.15) is 11.1 Å². The normalized spacial score (nSPS) is 11.1. The number of aromatic nitrogens is 3. The molecule has 0 fully saturated rings. The summed E-state index contributed by atoms with van der Waals surface area (Å²) in [4.78, 5) is 9.17. The van der Waals surface area contributed by atoms with E-state index in [9.17, 15) is 0 Å².